The SMILES string of the molecule is O=C(C1=C(O)C(=O)N(c2ccc(N3CCCC3)cc2)C1c1ccc(F)cc1)c1cc2cc(Cl)ccc2o1. The fraction of sp³-hybridized carbons (Fsp3) is 0.172. The zero-order chi connectivity index (χ0) is 25.7. The number of amides is 1. The van der Waals surface area contributed by atoms with Crippen molar-refractivity contribution in [2.75, 3.05) is 22.9 Å². The Morgan fingerprint density at radius 2 is 1.62 bits per heavy atom. The van der Waals surface area contributed by atoms with Crippen LogP contribution in [0.2, 0.25) is 5.02 Å². The molecule has 6 rings (SSSR count). The molecule has 0 bridgehead atoms. The summed E-state index contributed by atoms with van der Waals surface area (Å²) in [6.07, 6.45) is 2.27. The maximum atomic E-state index is 13.8. The molecule has 1 fully saturated rings. The second-order valence-electron chi connectivity index (χ2n) is 9.22. The summed E-state index contributed by atoms with van der Waals surface area (Å²) in [7, 11) is 0. The third kappa shape index (κ3) is 4.05. The predicted molar refractivity (Wildman–Crippen MR) is 140 cm³/mol. The fourth-order valence-electron chi connectivity index (χ4n) is 5.12. The van der Waals surface area contributed by atoms with Crippen LogP contribution in [0.4, 0.5) is 15.8 Å². The summed E-state index contributed by atoms with van der Waals surface area (Å²) in [6, 6.07) is 18.5. The lowest BCUT2D eigenvalue weighted by molar-refractivity contribution is -0.117. The molecule has 1 aromatic heterocycles. The van der Waals surface area contributed by atoms with E-state index >= 15 is 0 Å². The van der Waals surface area contributed by atoms with Crippen molar-refractivity contribution in [3.8, 4) is 0 Å². The Kier molecular flexibility index (Phi) is 5.72. The van der Waals surface area contributed by atoms with Gasteiger partial charge in [-0.05, 0) is 79.1 Å². The number of nitrogens with zero attached hydrogens (tertiary/aromatic N) is 2. The summed E-state index contributed by atoms with van der Waals surface area (Å²) < 4.78 is 19.5. The minimum atomic E-state index is -0.977. The van der Waals surface area contributed by atoms with Gasteiger partial charge in [0.05, 0.1) is 11.6 Å². The number of fused-ring (bicyclic) bond motifs is 1. The highest BCUT2D eigenvalue weighted by Crippen LogP contribution is 2.43. The molecular weight excluding hydrogens is 495 g/mol. The first-order valence-electron chi connectivity index (χ1n) is 12.0. The van der Waals surface area contributed by atoms with Gasteiger partial charge in [0.25, 0.3) is 5.91 Å². The molecule has 0 saturated carbocycles. The standard InChI is InChI=1S/C29H22ClFN2O4/c30-19-5-12-23-18(15-19)16-24(37-23)27(34)25-26(17-3-6-20(31)7-4-17)33(29(36)28(25)35)22-10-8-21(9-11-22)32-13-1-2-14-32/h3-12,15-16,26,35H,1-2,13-14H2. The van der Waals surface area contributed by atoms with Gasteiger partial charge in [0.15, 0.2) is 11.5 Å². The second kappa shape index (κ2) is 9.09. The van der Waals surface area contributed by atoms with Gasteiger partial charge in [-0.3, -0.25) is 14.5 Å². The molecule has 1 saturated heterocycles. The number of hydrogen-bond donors (Lipinski definition) is 1. The highest BCUT2D eigenvalue weighted by molar-refractivity contribution is 6.31. The normalized spacial score (nSPS) is 17.9. The number of carbonyl (C=O) groups is 2. The Morgan fingerprint density at radius 3 is 2.32 bits per heavy atom. The summed E-state index contributed by atoms with van der Waals surface area (Å²) >= 11 is 6.07. The first-order valence-corrected chi connectivity index (χ1v) is 12.4. The van der Waals surface area contributed by atoms with Crippen molar-refractivity contribution < 1.29 is 23.5 Å². The topological polar surface area (TPSA) is 74.0 Å². The van der Waals surface area contributed by atoms with E-state index < -0.39 is 29.3 Å². The molecule has 0 aliphatic carbocycles. The van der Waals surface area contributed by atoms with Gasteiger partial charge in [-0.1, -0.05) is 23.7 Å². The van der Waals surface area contributed by atoms with Crippen LogP contribution in [0.5, 0.6) is 0 Å². The van der Waals surface area contributed by atoms with E-state index in [0.29, 0.717) is 27.2 Å². The molecule has 2 aliphatic rings. The highest BCUT2D eigenvalue weighted by Gasteiger charge is 2.45. The van der Waals surface area contributed by atoms with E-state index in [9.17, 15) is 19.1 Å². The lowest BCUT2D eigenvalue weighted by Crippen LogP contribution is -2.31. The minimum Gasteiger partial charge on any atom is -0.503 e. The van der Waals surface area contributed by atoms with Crippen LogP contribution >= 0.6 is 11.6 Å². The van der Waals surface area contributed by atoms with Crippen LogP contribution in [0.1, 0.15) is 35.0 Å². The molecule has 1 N–H and O–H groups in total. The van der Waals surface area contributed by atoms with E-state index in [1.54, 1.807) is 30.3 Å². The smallest absolute Gasteiger partial charge is 0.294 e. The highest BCUT2D eigenvalue weighted by atomic mass is 35.5. The van der Waals surface area contributed by atoms with Gasteiger partial charge >= 0.3 is 0 Å². The van der Waals surface area contributed by atoms with Crippen LogP contribution in [0.3, 0.4) is 0 Å². The number of ketones is 1. The summed E-state index contributed by atoms with van der Waals surface area (Å²) in [4.78, 5) is 30.7. The van der Waals surface area contributed by atoms with Gasteiger partial charge in [0.2, 0.25) is 5.78 Å². The number of furan rings is 1. The first-order chi connectivity index (χ1) is 17.9. The maximum absolute atomic E-state index is 13.8. The number of aliphatic hydroxyl groups excluding tert-OH is 1. The lowest BCUT2D eigenvalue weighted by Gasteiger charge is -2.27. The van der Waals surface area contributed by atoms with Gasteiger partial charge in [-0.2, -0.15) is 0 Å². The van der Waals surface area contributed by atoms with Crippen LogP contribution in [0.15, 0.2) is 88.5 Å². The van der Waals surface area contributed by atoms with Gasteiger partial charge < -0.3 is 14.4 Å². The quantitative estimate of drug-likeness (QED) is 0.302. The van der Waals surface area contributed by atoms with Gasteiger partial charge in [0.1, 0.15) is 11.4 Å². The zero-order valence-corrected chi connectivity index (χ0v) is 20.4. The fourth-order valence-corrected chi connectivity index (χ4v) is 5.30. The average Bonchev–Trinajstić information content (AvgIpc) is 3.63. The molecule has 1 atom stereocenters. The molecule has 0 spiro atoms. The molecule has 0 radical (unpaired) electrons. The number of anilines is 2. The number of carbonyl (C=O) groups excluding carboxylic acids is 2. The predicted octanol–water partition coefficient (Wildman–Crippen LogP) is 6.61. The Morgan fingerprint density at radius 1 is 0.946 bits per heavy atom. The third-order valence-electron chi connectivity index (χ3n) is 6.94. The van der Waals surface area contributed by atoms with E-state index in [1.807, 2.05) is 12.1 Å². The summed E-state index contributed by atoms with van der Waals surface area (Å²) in [5, 5.41) is 12.1. The van der Waals surface area contributed by atoms with Crippen molar-refractivity contribution in [3.05, 3.63) is 106 Å². The van der Waals surface area contributed by atoms with Crippen LogP contribution in [-0.2, 0) is 4.79 Å². The molecule has 3 aromatic carbocycles. The number of aliphatic hydroxyl groups is 1. The molecular formula is C29H22ClFN2O4. The Balaban J connectivity index is 1.43. The van der Waals surface area contributed by atoms with E-state index in [2.05, 4.69) is 4.90 Å². The number of hydrogen-bond acceptors (Lipinski definition) is 5. The second-order valence-corrected chi connectivity index (χ2v) is 9.66. The monoisotopic (exact) mass is 516 g/mol. The van der Waals surface area contributed by atoms with Crippen LogP contribution in [0, 0.1) is 5.82 Å². The molecule has 186 valence electrons. The average molecular weight is 517 g/mol. The zero-order valence-electron chi connectivity index (χ0n) is 19.7. The lowest BCUT2D eigenvalue weighted by atomic mass is 9.94. The third-order valence-corrected chi connectivity index (χ3v) is 7.17. The molecule has 3 heterocycles. The van der Waals surface area contributed by atoms with E-state index in [-0.39, 0.29) is 11.3 Å². The summed E-state index contributed by atoms with van der Waals surface area (Å²) in [5.74, 6) is -2.51. The molecule has 1 unspecified atom stereocenters. The van der Waals surface area contributed by atoms with Crippen LogP contribution < -0.4 is 9.80 Å². The summed E-state index contributed by atoms with van der Waals surface area (Å²) in [5.41, 5.74) is 2.34. The van der Waals surface area contributed by atoms with Crippen molar-refractivity contribution >= 4 is 45.6 Å². The van der Waals surface area contributed by atoms with Gasteiger partial charge in [-0.15, -0.1) is 0 Å². The van der Waals surface area contributed by atoms with Crippen molar-refractivity contribution in [1.82, 2.24) is 0 Å². The summed E-state index contributed by atoms with van der Waals surface area (Å²) in [6.45, 7) is 1.95. The molecule has 8 heteroatoms. The van der Waals surface area contributed by atoms with Crippen LogP contribution in [0.25, 0.3) is 11.0 Å². The van der Waals surface area contributed by atoms with E-state index in [0.717, 1.165) is 31.6 Å². The Hall–Kier alpha value is -4.10. The van der Waals surface area contributed by atoms with Gasteiger partial charge in [0, 0.05) is 34.9 Å². The van der Waals surface area contributed by atoms with Crippen LogP contribution in [-0.4, -0.2) is 29.9 Å². The van der Waals surface area contributed by atoms with Crippen molar-refractivity contribution in [3.63, 3.8) is 0 Å². The molecule has 4 aromatic rings. The minimum absolute atomic E-state index is 0.0371. The van der Waals surface area contributed by atoms with Gasteiger partial charge in [-0.25, -0.2) is 4.39 Å². The van der Waals surface area contributed by atoms with Crippen molar-refractivity contribution in [2.24, 2.45) is 0 Å². The Labute approximate surface area is 217 Å². The molecule has 1 amide bonds. The molecule has 6 nitrogen and oxygen atoms in total. The van der Waals surface area contributed by atoms with E-state index in [4.69, 9.17) is 16.0 Å². The number of rotatable bonds is 5. The number of benzene rings is 3. The molecule has 2 aliphatic heterocycles. The largest absolute Gasteiger partial charge is 0.503 e. The van der Waals surface area contributed by atoms with E-state index in [1.165, 1.54) is 35.2 Å². The Bertz CT molecular complexity index is 1550. The number of halogens is 2. The maximum Gasteiger partial charge on any atom is 0.294 e. The van der Waals surface area contributed by atoms with Crippen molar-refractivity contribution in [1.29, 1.82) is 0 Å². The van der Waals surface area contributed by atoms with Crippen molar-refractivity contribution in [2.45, 2.75) is 18.9 Å². The molecule has 37 heavy (non-hydrogen) atoms. The first kappa shape index (κ1) is 23.3. The number of Topliss-reactive ketones (excluding diaryl/α,β-unsaturated/α-hetero) is 1.